The fourth-order valence-electron chi connectivity index (χ4n) is 3.31. The maximum absolute atomic E-state index is 12.6. The van der Waals surface area contributed by atoms with E-state index in [0.717, 1.165) is 44.3 Å². The van der Waals surface area contributed by atoms with Crippen LogP contribution >= 0.6 is 0 Å². The Kier molecular flexibility index (Phi) is 7.45. The monoisotopic (exact) mass is 360 g/mol. The van der Waals surface area contributed by atoms with Gasteiger partial charge in [0.2, 0.25) is 5.91 Å². The molecule has 1 aliphatic rings. The second-order valence-electron chi connectivity index (χ2n) is 7.51. The van der Waals surface area contributed by atoms with Gasteiger partial charge in [0.25, 0.3) is 5.91 Å². The van der Waals surface area contributed by atoms with E-state index in [9.17, 15) is 9.59 Å². The van der Waals surface area contributed by atoms with Crippen molar-refractivity contribution in [2.45, 2.75) is 32.1 Å². The highest BCUT2D eigenvalue weighted by molar-refractivity contribution is 6.02. The van der Waals surface area contributed by atoms with E-state index in [1.807, 2.05) is 45.2 Å². The summed E-state index contributed by atoms with van der Waals surface area (Å²) in [6, 6.07) is 5.54. The van der Waals surface area contributed by atoms with E-state index in [4.69, 9.17) is 0 Å². The highest BCUT2D eigenvalue weighted by Crippen LogP contribution is 2.27. The van der Waals surface area contributed by atoms with Gasteiger partial charge < -0.3 is 20.4 Å². The Morgan fingerprint density at radius 2 is 1.81 bits per heavy atom. The molecule has 0 radical (unpaired) electrons. The van der Waals surface area contributed by atoms with E-state index < -0.39 is 0 Å². The Morgan fingerprint density at radius 3 is 2.42 bits per heavy atom. The highest BCUT2D eigenvalue weighted by Gasteiger charge is 2.23. The summed E-state index contributed by atoms with van der Waals surface area (Å²) >= 11 is 0. The largest absolute Gasteiger partial charge is 0.377 e. The van der Waals surface area contributed by atoms with Crippen LogP contribution in [0.5, 0.6) is 0 Å². The molecule has 0 aliphatic heterocycles. The molecule has 26 heavy (non-hydrogen) atoms. The standard InChI is InChI=1S/C20H32N4O2/c1-23(2)13-7-12-21-20(26)17-14-16(10-11-18(17)24(3)4)22-19(25)15-8-5-6-9-15/h10-11,14-15H,5-9,12-13H2,1-4H3,(H,21,26)(H,22,25). The fraction of sp³-hybridized carbons (Fsp3) is 0.600. The van der Waals surface area contributed by atoms with Gasteiger partial charge in [-0.15, -0.1) is 0 Å². The fourth-order valence-corrected chi connectivity index (χ4v) is 3.31. The predicted octanol–water partition coefficient (Wildman–Crippen LogP) is 2.56. The number of carbonyl (C=O) groups excluding carboxylic acids is 2. The van der Waals surface area contributed by atoms with Gasteiger partial charge in [-0.1, -0.05) is 12.8 Å². The number of amides is 2. The van der Waals surface area contributed by atoms with Crippen LogP contribution in [-0.4, -0.2) is 58.0 Å². The van der Waals surface area contributed by atoms with Crippen molar-refractivity contribution < 1.29 is 9.59 Å². The van der Waals surface area contributed by atoms with Crippen LogP contribution in [0.3, 0.4) is 0 Å². The van der Waals surface area contributed by atoms with Crippen LogP contribution in [0.2, 0.25) is 0 Å². The molecule has 2 N–H and O–H groups in total. The first-order valence-corrected chi connectivity index (χ1v) is 9.43. The van der Waals surface area contributed by atoms with Crippen LogP contribution in [-0.2, 0) is 4.79 Å². The third kappa shape index (κ3) is 5.73. The second-order valence-corrected chi connectivity index (χ2v) is 7.51. The Morgan fingerprint density at radius 1 is 1.12 bits per heavy atom. The Balaban J connectivity index is 2.06. The van der Waals surface area contributed by atoms with Crippen molar-refractivity contribution in [2.75, 3.05) is 51.5 Å². The molecule has 1 saturated carbocycles. The first-order valence-electron chi connectivity index (χ1n) is 9.43. The first-order chi connectivity index (χ1) is 12.4. The molecule has 0 aromatic heterocycles. The Labute approximate surface area is 156 Å². The zero-order valence-electron chi connectivity index (χ0n) is 16.5. The first kappa shape index (κ1) is 20.2. The lowest BCUT2D eigenvalue weighted by Gasteiger charge is -2.19. The molecule has 0 atom stereocenters. The summed E-state index contributed by atoms with van der Waals surface area (Å²) < 4.78 is 0. The van der Waals surface area contributed by atoms with Gasteiger partial charge in [0.15, 0.2) is 0 Å². The van der Waals surface area contributed by atoms with E-state index >= 15 is 0 Å². The van der Waals surface area contributed by atoms with Crippen molar-refractivity contribution in [1.29, 1.82) is 0 Å². The van der Waals surface area contributed by atoms with E-state index in [2.05, 4.69) is 15.5 Å². The van der Waals surface area contributed by atoms with E-state index in [1.165, 1.54) is 0 Å². The Bertz CT molecular complexity index is 622. The lowest BCUT2D eigenvalue weighted by atomic mass is 10.1. The van der Waals surface area contributed by atoms with Crippen molar-refractivity contribution in [3.63, 3.8) is 0 Å². The minimum absolute atomic E-state index is 0.0671. The number of carbonyl (C=O) groups is 2. The normalized spacial score (nSPS) is 14.5. The average molecular weight is 361 g/mol. The molecule has 1 aromatic rings. The van der Waals surface area contributed by atoms with Gasteiger partial charge in [0, 0.05) is 37.9 Å². The topological polar surface area (TPSA) is 64.7 Å². The van der Waals surface area contributed by atoms with Crippen LogP contribution in [0.25, 0.3) is 0 Å². The smallest absolute Gasteiger partial charge is 0.253 e. The molecular weight excluding hydrogens is 328 g/mol. The van der Waals surface area contributed by atoms with Crippen molar-refractivity contribution in [3.05, 3.63) is 23.8 Å². The van der Waals surface area contributed by atoms with Gasteiger partial charge in [-0.05, 0) is 58.1 Å². The zero-order chi connectivity index (χ0) is 19.1. The summed E-state index contributed by atoms with van der Waals surface area (Å²) in [5.41, 5.74) is 2.11. The number of benzene rings is 1. The maximum Gasteiger partial charge on any atom is 0.253 e. The van der Waals surface area contributed by atoms with Gasteiger partial charge in [-0.2, -0.15) is 0 Å². The van der Waals surface area contributed by atoms with Crippen molar-refractivity contribution in [1.82, 2.24) is 10.2 Å². The van der Waals surface area contributed by atoms with E-state index in [1.54, 1.807) is 6.07 Å². The highest BCUT2D eigenvalue weighted by atomic mass is 16.2. The molecular formula is C20H32N4O2. The summed E-state index contributed by atoms with van der Waals surface area (Å²) in [5, 5.41) is 5.96. The number of rotatable bonds is 8. The SMILES string of the molecule is CN(C)CCCNC(=O)c1cc(NC(=O)C2CCCC2)ccc1N(C)C. The molecule has 6 heteroatoms. The van der Waals surface area contributed by atoms with Crippen LogP contribution in [0.15, 0.2) is 18.2 Å². The second kappa shape index (κ2) is 9.57. The van der Waals surface area contributed by atoms with Gasteiger partial charge >= 0.3 is 0 Å². The predicted molar refractivity (Wildman–Crippen MR) is 107 cm³/mol. The van der Waals surface area contributed by atoms with Crippen molar-refractivity contribution >= 4 is 23.2 Å². The molecule has 2 rings (SSSR count). The molecule has 1 fully saturated rings. The molecule has 1 aromatic carbocycles. The summed E-state index contributed by atoms with van der Waals surface area (Å²) in [5.74, 6) is 0.0636. The molecule has 0 bridgehead atoms. The molecule has 0 unspecified atom stereocenters. The number of hydrogen-bond donors (Lipinski definition) is 2. The molecule has 0 saturated heterocycles. The lowest BCUT2D eigenvalue weighted by Crippen LogP contribution is -2.29. The summed E-state index contributed by atoms with van der Waals surface area (Å²) in [6.07, 6.45) is 5.06. The number of hydrogen-bond acceptors (Lipinski definition) is 4. The minimum Gasteiger partial charge on any atom is -0.377 e. The molecule has 0 heterocycles. The molecule has 144 valence electrons. The summed E-state index contributed by atoms with van der Waals surface area (Å²) in [4.78, 5) is 29.0. The van der Waals surface area contributed by atoms with Crippen molar-refractivity contribution in [2.24, 2.45) is 5.92 Å². The van der Waals surface area contributed by atoms with Gasteiger partial charge in [-0.25, -0.2) is 0 Å². The average Bonchev–Trinajstić information content (AvgIpc) is 3.12. The summed E-state index contributed by atoms with van der Waals surface area (Å²) in [6.45, 7) is 1.56. The summed E-state index contributed by atoms with van der Waals surface area (Å²) in [7, 11) is 7.86. The number of nitrogens with zero attached hydrogens (tertiary/aromatic N) is 2. The lowest BCUT2D eigenvalue weighted by molar-refractivity contribution is -0.119. The number of nitrogens with one attached hydrogen (secondary N) is 2. The van der Waals surface area contributed by atoms with E-state index in [-0.39, 0.29) is 17.7 Å². The minimum atomic E-state index is -0.107. The van der Waals surface area contributed by atoms with Crippen LogP contribution in [0.1, 0.15) is 42.5 Å². The van der Waals surface area contributed by atoms with Gasteiger partial charge in [0.05, 0.1) is 5.56 Å². The molecule has 0 spiro atoms. The van der Waals surface area contributed by atoms with Crippen LogP contribution in [0, 0.1) is 5.92 Å². The molecule has 1 aliphatic carbocycles. The molecule has 6 nitrogen and oxygen atoms in total. The van der Waals surface area contributed by atoms with Crippen LogP contribution in [0.4, 0.5) is 11.4 Å². The van der Waals surface area contributed by atoms with E-state index in [0.29, 0.717) is 17.8 Å². The number of anilines is 2. The Hall–Kier alpha value is -2.08. The van der Waals surface area contributed by atoms with Gasteiger partial charge in [0.1, 0.15) is 0 Å². The third-order valence-corrected chi connectivity index (χ3v) is 4.78. The quantitative estimate of drug-likeness (QED) is 0.700. The van der Waals surface area contributed by atoms with Crippen molar-refractivity contribution in [3.8, 4) is 0 Å². The molecule has 2 amide bonds. The zero-order valence-corrected chi connectivity index (χ0v) is 16.5. The maximum atomic E-state index is 12.6. The van der Waals surface area contributed by atoms with Gasteiger partial charge in [-0.3, -0.25) is 9.59 Å². The van der Waals surface area contributed by atoms with Crippen LogP contribution < -0.4 is 15.5 Å². The third-order valence-electron chi connectivity index (χ3n) is 4.78.